The van der Waals surface area contributed by atoms with Crippen LogP contribution in [0.1, 0.15) is 25.7 Å². The Kier molecular flexibility index (Phi) is 2.56. The Morgan fingerprint density at radius 3 is 2.08 bits per heavy atom. The van der Waals surface area contributed by atoms with E-state index >= 15 is 0 Å². The highest BCUT2D eigenvalue weighted by Gasteiger charge is 2.52. The summed E-state index contributed by atoms with van der Waals surface area (Å²) in [7, 11) is 0. The molecule has 0 heterocycles. The molecule has 0 aliphatic heterocycles. The molecule has 1 aliphatic carbocycles. The molecule has 1 rings (SSSR count). The Labute approximate surface area is 75.5 Å². The van der Waals surface area contributed by atoms with Gasteiger partial charge < -0.3 is 15.9 Å². The lowest BCUT2D eigenvalue weighted by atomic mass is 9.70. The van der Waals surface area contributed by atoms with Crippen molar-refractivity contribution >= 4 is 11.9 Å². The Balaban J connectivity index is 3.00. The molecule has 1 atom stereocenters. The monoisotopic (exact) mass is 187 g/mol. The van der Waals surface area contributed by atoms with E-state index < -0.39 is 23.4 Å². The number of aliphatic carboxylic acids is 2. The maximum atomic E-state index is 10.9. The van der Waals surface area contributed by atoms with Gasteiger partial charge in [-0.2, -0.15) is 0 Å². The second-order valence-electron chi connectivity index (χ2n) is 3.43. The summed E-state index contributed by atoms with van der Waals surface area (Å²) in [4.78, 5) is 21.7. The topological polar surface area (TPSA) is 101 Å². The summed E-state index contributed by atoms with van der Waals surface area (Å²) in [5.74, 6) is -2.63. The van der Waals surface area contributed by atoms with E-state index in [2.05, 4.69) is 0 Å². The zero-order valence-corrected chi connectivity index (χ0v) is 7.19. The van der Waals surface area contributed by atoms with Gasteiger partial charge in [0.15, 0.2) is 5.41 Å². The molecule has 13 heavy (non-hydrogen) atoms. The Hall–Kier alpha value is -1.10. The average molecular weight is 187 g/mol. The van der Waals surface area contributed by atoms with Gasteiger partial charge in [-0.1, -0.05) is 12.8 Å². The third-order valence-corrected chi connectivity index (χ3v) is 2.73. The summed E-state index contributed by atoms with van der Waals surface area (Å²) in [6.45, 7) is 0. The van der Waals surface area contributed by atoms with Crippen LogP contribution in [0.5, 0.6) is 0 Å². The lowest BCUT2D eigenvalue weighted by Crippen LogP contribution is -2.54. The summed E-state index contributed by atoms with van der Waals surface area (Å²) in [6.07, 6.45) is 2.03. The number of nitrogens with two attached hydrogens (primary N) is 1. The van der Waals surface area contributed by atoms with Crippen LogP contribution in [-0.4, -0.2) is 28.2 Å². The molecule has 0 bridgehead atoms. The molecule has 0 saturated heterocycles. The van der Waals surface area contributed by atoms with E-state index in [1.165, 1.54) is 0 Å². The molecule has 0 aromatic rings. The van der Waals surface area contributed by atoms with Crippen LogP contribution >= 0.6 is 0 Å². The zero-order chi connectivity index (χ0) is 10.1. The molecule has 74 valence electrons. The van der Waals surface area contributed by atoms with Crippen LogP contribution in [0, 0.1) is 5.41 Å². The number of hydrogen-bond acceptors (Lipinski definition) is 3. The fourth-order valence-electron chi connectivity index (χ4n) is 1.82. The third-order valence-electron chi connectivity index (χ3n) is 2.73. The summed E-state index contributed by atoms with van der Waals surface area (Å²) in [5.41, 5.74) is 3.80. The number of carboxylic acid groups (broad SMARTS) is 2. The quantitative estimate of drug-likeness (QED) is 0.530. The van der Waals surface area contributed by atoms with Crippen molar-refractivity contribution in [1.29, 1.82) is 0 Å². The number of hydrogen-bond donors (Lipinski definition) is 3. The first kappa shape index (κ1) is 9.98. The predicted octanol–water partition coefficient (Wildman–Crippen LogP) is 0.0433. The predicted molar refractivity (Wildman–Crippen MR) is 44.1 cm³/mol. The lowest BCUT2D eigenvalue weighted by Gasteiger charge is -2.34. The van der Waals surface area contributed by atoms with Crippen LogP contribution in [0.25, 0.3) is 0 Å². The second kappa shape index (κ2) is 3.33. The molecule has 1 saturated carbocycles. The first-order chi connectivity index (χ1) is 6.01. The van der Waals surface area contributed by atoms with Crippen molar-refractivity contribution in [3.63, 3.8) is 0 Å². The highest BCUT2D eigenvalue weighted by molar-refractivity contribution is 5.99. The lowest BCUT2D eigenvalue weighted by molar-refractivity contribution is -0.168. The molecule has 1 fully saturated rings. The molecule has 5 nitrogen and oxygen atoms in total. The van der Waals surface area contributed by atoms with E-state index in [4.69, 9.17) is 15.9 Å². The highest BCUT2D eigenvalue weighted by atomic mass is 16.4. The first-order valence-electron chi connectivity index (χ1n) is 4.24. The van der Waals surface area contributed by atoms with Gasteiger partial charge in [0, 0.05) is 6.04 Å². The highest BCUT2D eigenvalue weighted by Crippen LogP contribution is 2.35. The third kappa shape index (κ3) is 1.39. The second-order valence-corrected chi connectivity index (χ2v) is 3.43. The SMILES string of the molecule is NC1CCCCC1(C(=O)O)C(=O)O. The molecule has 0 aromatic heterocycles. The van der Waals surface area contributed by atoms with Gasteiger partial charge >= 0.3 is 11.9 Å². The van der Waals surface area contributed by atoms with Crippen molar-refractivity contribution in [3.05, 3.63) is 0 Å². The molecule has 1 aliphatic rings. The molecular formula is C8H13NO4. The standard InChI is InChI=1S/C8H13NO4/c9-5-3-1-2-4-8(5,6(10)11)7(12)13/h5H,1-4,9H2,(H,10,11)(H,12,13). The fourth-order valence-corrected chi connectivity index (χ4v) is 1.82. The van der Waals surface area contributed by atoms with Crippen molar-refractivity contribution < 1.29 is 19.8 Å². The Bertz CT molecular complexity index is 224. The summed E-state index contributed by atoms with van der Waals surface area (Å²) < 4.78 is 0. The zero-order valence-electron chi connectivity index (χ0n) is 7.19. The Morgan fingerprint density at radius 1 is 1.23 bits per heavy atom. The molecule has 0 aromatic carbocycles. The molecule has 1 unspecified atom stereocenters. The Morgan fingerprint density at radius 2 is 1.77 bits per heavy atom. The van der Waals surface area contributed by atoms with Gasteiger partial charge in [-0.25, -0.2) is 0 Å². The molecule has 0 amide bonds. The number of carboxylic acids is 2. The van der Waals surface area contributed by atoms with Crippen molar-refractivity contribution in [2.45, 2.75) is 31.7 Å². The first-order valence-corrected chi connectivity index (χ1v) is 4.24. The summed E-state index contributed by atoms with van der Waals surface area (Å²) in [6, 6.07) is -0.767. The van der Waals surface area contributed by atoms with Crippen LogP contribution in [0.2, 0.25) is 0 Å². The molecule has 4 N–H and O–H groups in total. The van der Waals surface area contributed by atoms with E-state index in [-0.39, 0.29) is 6.42 Å². The van der Waals surface area contributed by atoms with E-state index in [0.717, 1.165) is 6.42 Å². The number of carbonyl (C=O) groups is 2. The van der Waals surface area contributed by atoms with E-state index in [9.17, 15) is 9.59 Å². The van der Waals surface area contributed by atoms with Gasteiger partial charge in [-0.3, -0.25) is 9.59 Å². The minimum Gasteiger partial charge on any atom is -0.480 e. The molecular weight excluding hydrogens is 174 g/mol. The van der Waals surface area contributed by atoms with Gasteiger partial charge in [0.1, 0.15) is 0 Å². The van der Waals surface area contributed by atoms with Crippen LogP contribution in [0.3, 0.4) is 0 Å². The van der Waals surface area contributed by atoms with E-state index in [0.29, 0.717) is 12.8 Å². The molecule has 0 spiro atoms. The summed E-state index contributed by atoms with van der Waals surface area (Å²) in [5, 5.41) is 17.7. The van der Waals surface area contributed by atoms with Gasteiger partial charge in [0.2, 0.25) is 0 Å². The fraction of sp³-hybridized carbons (Fsp3) is 0.750. The van der Waals surface area contributed by atoms with E-state index in [1.54, 1.807) is 0 Å². The smallest absolute Gasteiger partial charge is 0.322 e. The molecule has 0 radical (unpaired) electrons. The van der Waals surface area contributed by atoms with Crippen molar-refractivity contribution in [2.24, 2.45) is 11.1 Å². The normalized spacial score (nSPS) is 26.7. The average Bonchev–Trinajstić information content (AvgIpc) is 2.04. The van der Waals surface area contributed by atoms with Crippen molar-refractivity contribution in [2.75, 3.05) is 0 Å². The maximum absolute atomic E-state index is 10.9. The largest absolute Gasteiger partial charge is 0.480 e. The van der Waals surface area contributed by atoms with Gasteiger partial charge in [-0.05, 0) is 12.8 Å². The van der Waals surface area contributed by atoms with Crippen LogP contribution in [0.15, 0.2) is 0 Å². The van der Waals surface area contributed by atoms with Gasteiger partial charge in [-0.15, -0.1) is 0 Å². The minimum atomic E-state index is -1.75. The summed E-state index contributed by atoms with van der Waals surface area (Å²) >= 11 is 0. The van der Waals surface area contributed by atoms with Crippen LogP contribution in [0.4, 0.5) is 0 Å². The minimum absolute atomic E-state index is 0.138. The van der Waals surface area contributed by atoms with Gasteiger partial charge in [0.05, 0.1) is 0 Å². The van der Waals surface area contributed by atoms with Gasteiger partial charge in [0.25, 0.3) is 0 Å². The number of rotatable bonds is 2. The van der Waals surface area contributed by atoms with E-state index in [1.807, 2.05) is 0 Å². The van der Waals surface area contributed by atoms with Crippen LogP contribution in [-0.2, 0) is 9.59 Å². The van der Waals surface area contributed by atoms with Crippen LogP contribution < -0.4 is 5.73 Å². The van der Waals surface area contributed by atoms with Crippen molar-refractivity contribution in [3.8, 4) is 0 Å². The maximum Gasteiger partial charge on any atom is 0.322 e. The molecule has 5 heteroatoms. The van der Waals surface area contributed by atoms with Crippen molar-refractivity contribution in [1.82, 2.24) is 0 Å².